The Labute approximate surface area is 111 Å². The minimum absolute atomic E-state index is 0.685. The molecule has 0 amide bonds. The highest BCUT2D eigenvalue weighted by Gasteiger charge is 2.10. The van der Waals surface area contributed by atoms with Crippen LogP contribution in [0.5, 0.6) is 5.75 Å². The predicted molar refractivity (Wildman–Crippen MR) is 76.3 cm³/mol. The smallest absolute Gasteiger partial charge is 0.123 e. The van der Waals surface area contributed by atoms with Gasteiger partial charge in [-0.1, -0.05) is 0 Å². The molecule has 2 aromatic rings. The molecule has 1 aromatic carbocycles. The standard InChI is InChI=1S/C13H15NOS2/c1-8-5-12(15-3)9(2)4-11(8)13-14-10(6-16)7-17-13/h4-5,7,16H,6H2,1-3H3. The molecule has 1 heterocycles. The van der Waals surface area contributed by atoms with Crippen molar-refractivity contribution in [3.8, 4) is 16.3 Å². The molecule has 0 N–H and O–H groups in total. The second kappa shape index (κ2) is 5.10. The number of hydrogen-bond donors (Lipinski definition) is 1. The zero-order chi connectivity index (χ0) is 12.4. The maximum atomic E-state index is 5.31. The Morgan fingerprint density at radius 3 is 2.65 bits per heavy atom. The number of benzene rings is 1. The Morgan fingerprint density at radius 2 is 2.06 bits per heavy atom. The molecule has 2 nitrogen and oxygen atoms in total. The first-order chi connectivity index (χ1) is 8.15. The summed E-state index contributed by atoms with van der Waals surface area (Å²) >= 11 is 5.90. The van der Waals surface area contributed by atoms with Crippen molar-refractivity contribution < 1.29 is 4.74 Å². The molecular weight excluding hydrogens is 250 g/mol. The third kappa shape index (κ3) is 2.48. The van der Waals surface area contributed by atoms with E-state index in [1.54, 1.807) is 18.4 Å². The summed E-state index contributed by atoms with van der Waals surface area (Å²) in [4.78, 5) is 4.56. The van der Waals surface area contributed by atoms with Crippen LogP contribution in [0.15, 0.2) is 17.5 Å². The van der Waals surface area contributed by atoms with Gasteiger partial charge in [0.05, 0.1) is 12.8 Å². The van der Waals surface area contributed by atoms with Gasteiger partial charge in [-0.05, 0) is 37.1 Å². The van der Waals surface area contributed by atoms with Crippen LogP contribution in [-0.2, 0) is 5.75 Å². The fourth-order valence-corrected chi connectivity index (χ4v) is 2.93. The molecule has 0 saturated carbocycles. The molecular formula is C13H15NOS2. The van der Waals surface area contributed by atoms with Crippen molar-refractivity contribution >= 4 is 24.0 Å². The average Bonchev–Trinajstić information content (AvgIpc) is 2.80. The quantitative estimate of drug-likeness (QED) is 0.851. The molecule has 0 spiro atoms. The van der Waals surface area contributed by atoms with Crippen molar-refractivity contribution in [2.24, 2.45) is 0 Å². The van der Waals surface area contributed by atoms with Crippen molar-refractivity contribution in [2.45, 2.75) is 19.6 Å². The van der Waals surface area contributed by atoms with Crippen LogP contribution in [-0.4, -0.2) is 12.1 Å². The summed E-state index contributed by atoms with van der Waals surface area (Å²) in [6, 6.07) is 4.20. The highest BCUT2D eigenvalue weighted by molar-refractivity contribution is 7.79. The van der Waals surface area contributed by atoms with Gasteiger partial charge in [0, 0.05) is 16.7 Å². The number of rotatable bonds is 3. The van der Waals surface area contributed by atoms with E-state index in [-0.39, 0.29) is 0 Å². The van der Waals surface area contributed by atoms with Gasteiger partial charge in [0.25, 0.3) is 0 Å². The number of thiazole rings is 1. The molecule has 0 aliphatic rings. The fraction of sp³-hybridized carbons (Fsp3) is 0.308. The largest absolute Gasteiger partial charge is 0.496 e. The number of thiol groups is 1. The normalized spacial score (nSPS) is 10.6. The first-order valence-electron chi connectivity index (χ1n) is 5.36. The van der Waals surface area contributed by atoms with Crippen molar-refractivity contribution in [3.05, 3.63) is 34.3 Å². The minimum Gasteiger partial charge on any atom is -0.496 e. The van der Waals surface area contributed by atoms with Crippen molar-refractivity contribution in [2.75, 3.05) is 7.11 Å². The van der Waals surface area contributed by atoms with Crippen LogP contribution in [0.4, 0.5) is 0 Å². The Kier molecular flexibility index (Phi) is 3.74. The zero-order valence-corrected chi connectivity index (χ0v) is 11.9. The van der Waals surface area contributed by atoms with E-state index in [4.69, 9.17) is 4.74 Å². The lowest BCUT2D eigenvalue weighted by molar-refractivity contribution is 0.411. The topological polar surface area (TPSA) is 22.1 Å². The number of aromatic nitrogens is 1. The molecule has 0 unspecified atom stereocenters. The van der Waals surface area contributed by atoms with E-state index in [1.165, 1.54) is 11.1 Å². The second-order valence-electron chi connectivity index (χ2n) is 3.94. The summed E-state index contributed by atoms with van der Waals surface area (Å²) in [5.74, 6) is 1.61. The lowest BCUT2D eigenvalue weighted by Gasteiger charge is -2.09. The molecule has 0 saturated heterocycles. The van der Waals surface area contributed by atoms with Gasteiger partial charge in [-0.25, -0.2) is 4.98 Å². The highest BCUT2D eigenvalue weighted by Crippen LogP contribution is 2.32. The van der Waals surface area contributed by atoms with Gasteiger partial charge in [0.2, 0.25) is 0 Å². The SMILES string of the molecule is COc1cc(C)c(-c2nc(CS)cs2)cc1C. The summed E-state index contributed by atoms with van der Waals surface area (Å²) in [5.41, 5.74) is 4.53. The molecule has 0 radical (unpaired) electrons. The van der Waals surface area contributed by atoms with E-state index in [1.807, 2.05) is 0 Å². The number of ether oxygens (including phenoxy) is 1. The van der Waals surface area contributed by atoms with Crippen LogP contribution < -0.4 is 4.74 Å². The molecule has 4 heteroatoms. The van der Waals surface area contributed by atoms with Crippen LogP contribution in [0.3, 0.4) is 0 Å². The summed E-state index contributed by atoms with van der Waals surface area (Å²) in [6.07, 6.45) is 0. The van der Waals surface area contributed by atoms with Gasteiger partial charge in [0.15, 0.2) is 0 Å². The molecule has 2 rings (SSSR count). The lowest BCUT2D eigenvalue weighted by Crippen LogP contribution is -1.91. The number of aryl methyl sites for hydroxylation is 2. The molecule has 0 atom stereocenters. The average molecular weight is 265 g/mol. The summed E-state index contributed by atoms with van der Waals surface area (Å²) in [6.45, 7) is 4.13. The maximum Gasteiger partial charge on any atom is 0.123 e. The highest BCUT2D eigenvalue weighted by atomic mass is 32.1. The van der Waals surface area contributed by atoms with Crippen molar-refractivity contribution in [1.29, 1.82) is 0 Å². The Hall–Kier alpha value is -1.00. The summed E-state index contributed by atoms with van der Waals surface area (Å²) in [7, 11) is 1.70. The van der Waals surface area contributed by atoms with Crippen LogP contribution in [0.25, 0.3) is 10.6 Å². The first-order valence-corrected chi connectivity index (χ1v) is 6.87. The number of nitrogens with zero attached hydrogens (tertiary/aromatic N) is 1. The number of methoxy groups -OCH3 is 1. The van der Waals surface area contributed by atoms with Gasteiger partial charge in [-0.2, -0.15) is 12.6 Å². The van der Waals surface area contributed by atoms with Crippen molar-refractivity contribution in [1.82, 2.24) is 4.98 Å². The minimum atomic E-state index is 0.685. The molecule has 0 aliphatic heterocycles. The van der Waals surface area contributed by atoms with Gasteiger partial charge in [-0.3, -0.25) is 0 Å². The van der Waals surface area contributed by atoms with Gasteiger partial charge in [0.1, 0.15) is 10.8 Å². The van der Waals surface area contributed by atoms with Gasteiger partial charge >= 0.3 is 0 Å². The van der Waals surface area contributed by atoms with E-state index in [0.29, 0.717) is 5.75 Å². The van der Waals surface area contributed by atoms with Crippen LogP contribution in [0.2, 0.25) is 0 Å². The monoisotopic (exact) mass is 265 g/mol. The van der Waals surface area contributed by atoms with Crippen molar-refractivity contribution in [3.63, 3.8) is 0 Å². The Balaban J connectivity index is 2.48. The third-order valence-electron chi connectivity index (χ3n) is 2.69. The molecule has 0 bridgehead atoms. The van der Waals surface area contributed by atoms with Crippen LogP contribution >= 0.6 is 24.0 Å². The van der Waals surface area contributed by atoms with Crippen LogP contribution in [0, 0.1) is 13.8 Å². The van der Waals surface area contributed by atoms with Gasteiger partial charge < -0.3 is 4.74 Å². The van der Waals surface area contributed by atoms with E-state index in [0.717, 1.165) is 22.0 Å². The summed E-state index contributed by atoms with van der Waals surface area (Å²) < 4.78 is 5.31. The second-order valence-corrected chi connectivity index (χ2v) is 5.11. The van der Waals surface area contributed by atoms with Gasteiger partial charge in [-0.15, -0.1) is 11.3 Å². The molecule has 0 aliphatic carbocycles. The van der Waals surface area contributed by atoms with E-state index in [2.05, 4.69) is 49.0 Å². The Bertz CT molecular complexity index is 534. The maximum absolute atomic E-state index is 5.31. The Morgan fingerprint density at radius 1 is 1.29 bits per heavy atom. The molecule has 17 heavy (non-hydrogen) atoms. The molecule has 90 valence electrons. The van der Waals surface area contributed by atoms with Crippen LogP contribution in [0.1, 0.15) is 16.8 Å². The van der Waals surface area contributed by atoms with E-state index < -0.39 is 0 Å². The third-order valence-corrected chi connectivity index (χ3v) is 3.93. The zero-order valence-electron chi connectivity index (χ0n) is 10.2. The first kappa shape index (κ1) is 12.5. The number of hydrogen-bond acceptors (Lipinski definition) is 4. The lowest BCUT2D eigenvalue weighted by atomic mass is 10.1. The molecule has 1 aromatic heterocycles. The van der Waals surface area contributed by atoms with E-state index >= 15 is 0 Å². The fourth-order valence-electron chi connectivity index (χ4n) is 1.74. The predicted octanol–water partition coefficient (Wildman–Crippen LogP) is 3.87. The van der Waals surface area contributed by atoms with E-state index in [9.17, 15) is 0 Å². The summed E-state index contributed by atoms with van der Waals surface area (Å²) in [5, 5.41) is 3.11. The molecule has 0 fully saturated rings.